The fraction of sp³-hybridized carbons (Fsp3) is 0.929. The molecule has 1 fully saturated rings. The molecule has 4 heteroatoms. The maximum absolute atomic E-state index is 11.6. The second kappa shape index (κ2) is 6.02. The minimum absolute atomic E-state index is 0.0891. The van der Waals surface area contributed by atoms with Crippen molar-refractivity contribution in [2.24, 2.45) is 23.7 Å². The highest BCUT2D eigenvalue weighted by Crippen LogP contribution is 2.45. The lowest BCUT2D eigenvalue weighted by Gasteiger charge is -2.45. The third-order valence-corrected chi connectivity index (χ3v) is 4.41. The van der Waals surface area contributed by atoms with Crippen molar-refractivity contribution < 1.29 is 19.4 Å². The molecule has 0 bridgehead atoms. The SMILES string of the molecule is COC(OC)(C(=O)O)C1CC(C)CCC1C(C)C. The Bertz CT molecular complexity index is 284. The third kappa shape index (κ3) is 2.69. The van der Waals surface area contributed by atoms with Gasteiger partial charge in [0.05, 0.1) is 0 Å². The van der Waals surface area contributed by atoms with Gasteiger partial charge in [-0.3, -0.25) is 0 Å². The van der Waals surface area contributed by atoms with E-state index < -0.39 is 11.8 Å². The Balaban J connectivity index is 3.08. The molecule has 1 saturated carbocycles. The van der Waals surface area contributed by atoms with E-state index in [0.29, 0.717) is 17.8 Å². The van der Waals surface area contributed by atoms with Crippen molar-refractivity contribution in [2.75, 3.05) is 14.2 Å². The van der Waals surface area contributed by atoms with Crippen LogP contribution in [0, 0.1) is 23.7 Å². The van der Waals surface area contributed by atoms with E-state index >= 15 is 0 Å². The van der Waals surface area contributed by atoms with Crippen molar-refractivity contribution in [3.05, 3.63) is 0 Å². The number of carboxylic acid groups (broad SMARTS) is 1. The molecule has 3 atom stereocenters. The minimum atomic E-state index is -1.50. The van der Waals surface area contributed by atoms with Gasteiger partial charge in [0.1, 0.15) is 0 Å². The number of hydrogen-bond acceptors (Lipinski definition) is 3. The first-order valence-electron chi connectivity index (χ1n) is 6.72. The van der Waals surface area contributed by atoms with Gasteiger partial charge >= 0.3 is 5.97 Å². The van der Waals surface area contributed by atoms with Gasteiger partial charge in [0.25, 0.3) is 5.79 Å². The van der Waals surface area contributed by atoms with Gasteiger partial charge in [-0.1, -0.05) is 27.2 Å². The van der Waals surface area contributed by atoms with E-state index in [1.807, 2.05) is 0 Å². The van der Waals surface area contributed by atoms with Gasteiger partial charge in [0, 0.05) is 20.1 Å². The fourth-order valence-electron chi connectivity index (χ4n) is 3.36. The summed E-state index contributed by atoms with van der Waals surface area (Å²) in [6, 6.07) is 0. The summed E-state index contributed by atoms with van der Waals surface area (Å²) in [5.41, 5.74) is 0. The van der Waals surface area contributed by atoms with Crippen LogP contribution in [0.3, 0.4) is 0 Å². The molecule has 0 heterocycles. The monoisotopic (exact) mass is 258 g/mol. The Morgan fingerprint density at radius 3 is 2.22 bits per heavy atom. The van der Waals surface area contributed by atoms with Crippen LogP contribution in [0.15, 0.2) is 0 Å². The molecule has 0 aromatic carbocycles. The van der Waals surface area contributed by atoms with Crippen molar-refractivity contribution in [1.29, 1.82) is 0 Å². The van der Waals surface area contributed by atoms with Gasteiger partial charge in [-0.2, -0.15) is 0 Å². The van der Waals surface area contributed by atoms with Crippen LogP contribution in [0.25, 0.3) is 0 Å². The van der Waals surface area contributed by atoms with Crippen molar-refractivity contribution in [3.63, 3.8) is 0 Å². The first kappa shape index (κ1) is 15.4. The minimum Gasteiger partial charge on any atom is -0.477 e. The van der Waals surface area contributed by atoms with Crippen LogP contribution in [-0.4, -0.2) is 31.1 Å². The predicted molar refractivity (Wildman–Crippen MR) is 69.2 cm³/mol. The van der Waals surface area contributed by atoms with Crippen molar-refractivity contribution in [1.82, 2.24) is 0 Å². The van der Waals surface area contributed by atoms with E-state index in [1.165, 1.54) is 14.2 Å². The number of ether oxygens (including phenoxy) is 2. The van der Waals surface area contributed by atoms with E-state index in [1.54, 1.807) is 0 Å². The number of hydrogen-bond donors (Lipinski definition) is 1. The summed E-state index contributed by atoms with van der Waals surface area (Å²) in [4.78, 5) is 11.6. The van der Waals surface area contributed by atoms with E-state index in [9.17, 15) is 9.90 Å². The molecule has 0 saturated heterocycles. The molecule has 0 aromatic rings. The van der Waals surface area contributed by atoms with Crippen molar-refractivity contribution in [2.45, 2.75) is 45.8 Å². The molecule has 106 valence electrons. The summed E-state index contributed by atoms with van der Waals surface area (Å²) in [7, 11) is 2.85. The van der Waals surface area contributed by atoms with Gasteiger partial charge in [-0.15, -0.1) is 0 Å². The van der Waals surface area contributed by atoms with Crippen LogP contribution in [-0.2, 0) is 14.3 Å². The van der Waals surface area contributed by atoms with Crippen molar-refractivity contribution in [3.8, 4) is 0 Å². The summed E-state index contributed by atoms with van der Waals surface area (Å²) < 4.78 is 10.6. The van der Waals surface area contributed by atoms with Gasteiger partial charge in [-0.05, 0) is 30.6 Å². The van der Waals surface area contributed by atoms with Crippen LogP contribution in [0.4, 0.5) is 0 Å². The molecular weight excluding hydrogens is 232 g/mol. The molecule has 1 aliphatic rings. The Labute approximate surface area is 110 Å². The third-order valence-electron chi connectivity index (χ3n) is 4.41. The van der Waals surface area contributed by atoms with Crippen LogP contribution in [0.2, 0.25) is 0 Å². The molecule has 0 aliphatic heterocycles. The zero-order valence-corrected chi connectivity index (χ0v) is 12.1. The highest BCUT2D eigenvalue weighted by atomic mass is 16.7. The molecule has 18 heavy (non-hydrogen) atoms. The highest BCUT2D eigenvalue weighted by molar-refractivity contribution is 5.76. The van der Waals surface area contributed by atoms with Crippen molar-refractivity contribution >= 4 is 5.97 Å². The Morgan fingerprint density at radius 2 is 1.83 bits per heavy atom. The molecule has 4 nitrogen and oxygen atoms in total. The predicted octanol–water partition coefficient (Wildman–Crippen LogP) is 2.77. The number of carbonyl (C=O) groups is 1. The quantitative estimate of drug-likeness (QED) is 0.770. The standard InChI is InChI=1S/C14H26O4/c1-9(2)11-7-6-10(3)8-12(11)14(17-4,18-5)13(15)16/h9-12H,6-8H2,1-5H3,(H,15,16). The molecule has 1 aliphatic carbocycles. The lowest BCUT2D eigenvalue weighted by molar-refractivity contribution is -0.260. The normalized spacial score (nSPS) is 29.6. The second-order valence-electron chi connectivity index (χ2n) is 5.81. The molecule has 1 N–H and O–H groups in total. The average Bonchev–Trinajstić information content (AvgIpc) is 2.30. The molecule has 0 amide bonds. The van der Waals surface area contributed by atoms with Gasteiger partial charge in [-0.25, -0.2) is 4.79 Å². The molecule has 0 radical (unpaired) electrons. The van der Waals surface area contributed by atoms with E-state index in [4.69, 9.17) is 9.47 Å². The zero-order valence-electron chi connectivity index (χ0n) is 12.1. The first-order valence-corrected chi connectivity index (χ1v) is 6.72. The molecule has 3 unspecified atom stereocenters. The van der Waals surface area contributed by atoms with Crippen LogP contribution in [0.5, 0.6) is 0 Å². The number of carboxylic acids is 1. The number of rotatable bonds is 5. The summed E-state index contributed by atoms with van der Waals surface area (Å²) in [6.45, 7) is 6.46. The van der Waals surface area contributed by atoms with Crippen LogP contribution >= 0.6 is 0 Å². The van der Waals surface area contributed by atoms with Crippen LogP contribution in [0.1, 0.15) is 40.0 Å². The lowest BCUT2D eigenvalue weighted by Crippen LogP contribution is -2.54. The summed E-state index contributed by atoms with van der Waals surface area (Å²) >= 11 is 0. The van der Waals surface area contributed by atoms with Gasteiger partial charge < -0.3 is 14.6 Å². The average molecular weight is 258 g/mol. The summed E-state index contributed by atoms with van der Waals surface area (Å²) in [5, 5.41) is 9.51. The largest absolute Gasteiger partial charge is 0.477 e. The molecule has 0 spiro atoms. The zero-order chi connectivity index (χ0) is 13.9. The maximum Gasteiger partial charge on any atom is 0.364 e. The molecular formula is C14H26O4. The smallest absolute Gasteiger partial charge is 0.364 e. The maximum atomic E-state index is 11.6. The first-order chi connectivity index (χ1) is 8.39. The van der Waals surface area contributed by atoms with Gasteiger partial charge in [0.2, 0.25) is 0 Å². The van der Waals surface area contributed by atoms with E-state index in [-0.39, 0.29) is 5.92 Å². The Kier molecular flexibility index (Phi) is 5.17. The fourth-order valence-corrected chi connectivity index (χ4v) is 3.36. The van der Waals surface area contributed by atoms with E-state index in [2.05, 4.69) is 20.8 Å². The Hall–Kier alpha value is -0.610. The van der Waals surface area contributed by atoms with Gasteiger partial charge in [0.15, 0.2) is 0 Å². The Morgan fingerprint density at radius 1 is 1.28 bits per heavy atom. The number of methoxy groups -OCH3 is 2. The lowest BCUT2D eigenvalue weighted by atomic mass is 9.66. The summed E-state index contributed by atoms with van der Waals surface area (Å²) in [6.07, 6.45) is 3.05. The number of aliphatic carboxylic acids is 1. The second-order valence-corrected chi connectivity index (χ2v) is 5.81. The topological polar surface area (TPSA) is 55.8 Å². The highest BCUT2D eigenvalue weighted by Gasteiger charge is 2.52. The van der Waals surface area contributed by atoms with E-state index in [0.717, 1.165) is 19.3 Å². The summed E-state index contributed by atoms with van der Waals surface area (Å²) in [5.74, 6) is -1.31. The van der Waals surface area contributed by atoms with Crippen LogP contribution < -0.4 is 0 Å². The molecule has 1 rings (SSSR count). The molecule has 0 aromatic heterocycles.